The average molecular weight is 193 g/mol. The minimum absolute atomic E-state index is 0.626. The van der Waals surface area contributed by atoms with Gasteiger partial charge in [0.15, 0.2) is 0 Å². The second-order valence-corrected chi connectivity index (χ2v) is 4.63. The van der Waals surface area contributed by atoms with Gasteiger partial charge < -0.3 is 5.32 Å². The van der Waals surface area contributed by atoms with Crippen LogP contribution in [0.2, 0.25) is 0 Å². The molecule has 0 bridgehead atoms. The smallest absolute Gasteiger partial charge is 0.0332 e. The van der Waals surface area contributed by atoms with E-state index in [9.17, 15) is 0 Å². The van der Waals surface area contributed by atoms with Crippen molar-refractivity contribution in [2.24, 2.45) is 0 Å². The Hall–Kier alpha value is -0.470. The Balaban J connectivity index is 2.04. The quantitative estimate of drug-likeness (QED) is 0.741. The molecular formula is C11H15NS. The fourth-order valence-electron chi connectivity index (χ4n) is 1.54. The molecule has 13 heavy (non-hydrogen) atoms. The summed E-state index contributed by atoms with van der Waals surface area (Å²) < 4.78 is 0. The molecule has 70 valence electrons. The number of thioether (sulfide) groups is 1. The Morgan fingerprint density at radius 2 is 2.08 bits per heavy atom. The molecule has 1 heterocycles. The van der Waals surface area contributed by atoms with Gasteiger partial charge >= 0.3 is 0 Å². The van der Waals surface area contributed by atoms with E-state index in [1.165, 1.54) is 23.4 Å². The monoisotopic (exact) mass is 193 g/mol. The van der Waals surface area contributed by atoms with Crippen LogP contribution in [0.5, 0.6) is 0 Å². The molecule has 1 aromatic carbocycles. The largest absolute Gasteiger partial charge is 0.310 e. The highest BCUT2D eigenvalue weighted by Gasteiger charge is 2.17. The van der Waals surface area contributed by atoms with Crippen molar-refractivity contribution >= 4 is 11.8 Å². The fraction of sp³-hybridized carbons (Fsp3) is 0.455. The number of rotatable bonds is 3. The lowest BCUT2D eigenvalue weighted by Gasteiger charge is -2.28. The summed E-state index contributed by atoms with van der Waals surface area (Å²) in [5.74, 6) is 1.15. The summed E-state index contributed by atoms with van der Waals surface area (Å²) in [5, 5.41) is 3.41. The van der Waals surface area contributed by atoms with E-state index in [0.29, 0.717) is 6.04 Å². The normalized spacial score (nSPS) is 21.2. The molecule has 0 spiro atoms. The lowest BCUT2D eigenvalue weighted by atomic mass is 9.98. The number of hydrogen-bond donors (Lipinski definition) is 1. The van der Waals surface area contributed by atoms with Crippen LogP contribution in [0.4, 0.5) is 0 Å². The molecule has 0 amide bonds. The summed E-state index contributed by atoms with van der Waals surface area (Å²) in [6.45, 7) is 3.36. The molecule has 0 radical (unpaired) electrons. The minimum Gasteiger partial charge on any atom is -0.310 e. The predicted octanol–water partition coefficient (Wildman–Crippen LogP) is 2.83. The van der Waals surface area contributed by atoms with E-state index >= 15 is 0 Å². The molecule has 0 aromatic heterocycles. The third-order valence-corrected chi connectivity index (χ3v) is 3.31. The van der Waals surface area contributed by atoms with E-state index in [1.807, 2.05) is 11.8 Å². The summed E-state index contributed by atoms with van der Waals surface area (Å²) in [7, 11) is 0. The van der Waals surface area contributed by atoms with Crippen LogP contribution in [0.25, 0.3) is 0 Å². The molecule has 1 aromatic rings. The van der Waals surface area contributed by atoms with Crippen molar-refractivity contribution < 1.29 is 0 Å². The van der Waals surface area contributed by atoms with Gasteiger partial charge in [0.25, 0.3) is 0 Å². The first-order chi connectivity index (χ1) is 6.40. The van der Waals surface area contributed by atoms with Gasteiger partial charge in [-0.15, -0.1) is 11.8 Å². The molecule has 2 rings (SSSR count). The maximum atomic E-state index is 3.41. The van der Waals surface area contributed by atoms with Gasteiger partial charge in [0.1, 0.15) is 0 Å². The van der Waals surface area contributed by atoms with Gasteiger partial charge in [-0.3, -0.25) is 0 Å². The zero-order valence-electron chi connectivity index (χ0n) is 7.92. The molecule has 1 fully saturated rings. The van der Waals surface area contributed by atoms with Crippen molar-refractivity contribution in [2.75, 3.05) is 12.3 Å². The first-order valence-corrected chi connectivity index (χ1v) is 5.85. The van der Waals surface area contributed by atoms with E-state index in [2.05, 4.69) is 36.5 Å². The lowest BCUT2D eigenvalue weighted by Crippen LogP contribution is -2.34. The number of nitrogens with one attached hydrogen (secondary N) is 1. The topological polar surface area (TPSA) is 12.0 Å². The molecule has 1 nitrogen and oxygen atoms in total. The molecule has 0 saturated carbocycles. The van der Waals surface area contributed by atoms with Crippen molar-refractivity contribution in [3.05, 3.63) is 29.8 Å². The Labute approximate surface area is 83.9 Å². The van der Waals surface area contributed by atoms with Crippen LogP contribution >= 0.6 is 11.8 Å². The van der Waals surface area contributed by atoms with Gasteiger partial charge in [-0.25, -0.2) is 0 Å². The van der Waals surface area contributed by atoms with Gasteiger partial charge in [0.2, 0.25) is 0 Å². The first kappa shape index (κ1) is 9.10. The van der Waals surface area contributed by atoms with Crippen LogP contribution in [-0.4, -0.2) is 12.3 Å². The van der Waals surface area contributed by atoms with Crippen LogP contribution in [-0.2, 0) is 0 Å². The fourth-order valence-corrected chi connectivity index (χ4v) is 2.20. The number of benzene rings is 1. The Morgan fingerprint density at radius 3 is 2.54 bits per heavy atom. The summed E-state index contributed by atoms with van der Waals surface area (Å²) >= 11 is 1.90. The third-order valence-electron chi connectivity index (χ3n) is 2.42. The highest BCUT2D eigenvalue weighted by atomic mass is 32.2. The van der Waals surface area contributed by atoms with E-state index < -0.39 is 0 Å². The summed E-state index contributed by atoms with van der Waals surface area (Å²) in [5.41, 5.74) is 1.44. The predicted molar refractivity (Wildman–Crippen MR) is 58.2 cm³/mol. The highest BCUT2D eigenvalue weighted by Crippen LogP contribution is 2.25. The average Bonchev–Trinajstić information content (AvgIpc) is 2.06. The second kappa shape index (κ2) is 4.16. The van der Waals surface area contributed by atoms with Crippen LogP contribution < -0.4 is 5.32 Å². The van der Waals surface area contributed by atoms with Crippen LogP contribution in [0.3, 0.4) is 0 Å². The Bertz CT molecular complexity index is 264. The molecule has 0 unspecified atom stereocenters. The van der Waals surface area contributed by atoms with Gasteiger partial charge in [-0.2, -0.15) is 0 Å². The highest BCUT2D eigenvalue weighted by molar-refractivity contribution is 7.99. The lowest BCUT2D eigenvalue weighted by molar-refractivity contribution is 0.383. The summed E-state index contributed by atoms with van der Waals surface area (Å²) in [4.78, 5) is 1.38. The molecule has 1 aliphatic heterocycles. The molecule has 1 N–H and O–H groups in total. The van der Waals surface area contributed by atoms with E-state index in [4.69, 9.17) is 0 Å². The molecule has 1 saturated heterocycles. The first-order valence-electron chi connectivity index (χ1n) is 4.86. The van der Waals surface area contributed by atoms with Crippen LogP contribution in [0, 0.1) is 0 Å². The van der Waals surface area contributed by atoms with Crippen molar-refractivity contribution in [1.29, 1.82) is 0 Å². The number of hydrogen-bond acceptors (Lipinski definition) is 2. The van der Waals surface area contributed by atoms with Gasteiger partial charge in [0.05, 0.1) is 0 Å². The SMILES string of the molecule is CCSc1ccc([C@@H]2CCN2)cc1. The maximum absolute atomic E-state index is 3.41. The molecule has 0 aliphatic carbocycles. The molecule has 2 heteroatoms. The summed E-state index contributed by atoms with van der Waals surface area (Å²) in [6, 6.07) is 9.57. The molecule has 1 atom stereocenters. The van der Waals surface area contributed by atoms with E-state index in [0.717, 1.165) is 5.75 Å². The zero-order valence-corrected chi connectivity index (χ0v) is 8.73. The zero-order chi connectivity index (χ0) is 9.10. The Kier molecular flexibility index (Phi) is 2.91. The third kappa shape index (κ3) is 2.06. The summed E-state index contributed by atoms with van der Waals surface area (Å²) in [6.07, 6.45) is 1.29. The van der Waals surface area contributed by atoms with Crippen molar-refractivity contribution in [3.63, 3.8) is 0 Å². The second-order valence-electron chi connectivity index (χ2n) is 3.30. The van der Waals surface area contributed by atoms with Crippen LogP contribution in [0.1, 0.15) is 24.9 Å². The van der Waals surface area contributed by atoms with E-state index in [-0.39, 0.29) is 0 Å². The van der Waals surface area contributed by atoms with Gasteiger partial charge in [0, 0.05) is 10.9 Å². The maximum Gasteiger partial charge on any atom is 0.0332 e. The van der Waals surface area contributed by atoms with Gasteiger partial charge in [-0.1, -0.05) is 19.1 Å². The van der Waals surface area contributed by atoms with Crippen molar-refractivity contribution in [3.8, 4) is 0 Å². The van der Waals surface area contributed by atoms with Crippen molar-refractivity contribution in [1.82, 2.24) is 5.32 Å². The molecule has 1 aliphatic rings. The molecular weight excluding hydrogens is 178 g/mol. The van der Waals surface area contributed by atoms with Gasteiger partial charge in [-0.05, 0) is 36.4 Å². The standard InChI is InChI=1S/C11H15NS/c1-2-13-10-5-3-9(4-6-10)11-7-8-12-11/h3-6,11-12H,2,7-8H2,1H3/t11-/m0/s1. The van der Waals surface area contributed by atoms with Crippen molar-refractivity contribution in [2.45, 2.75) is 24.3 Å². The minimum atomic E-state index is 0.626. The van der Waals surface area contributed by atoms with E-state index in [1.54, 1.807) is 0 Å². The Morgan fingerprint density at radius 1 is 1.38 bits per heavy atom. The van der Waals surface area contributed by atoms with Crippen LogP contribution in [0.15, 0.2) is 29.2 Å².